The number of phenolic OH excluding ortho intramolecular Hbond substituents is 1. The van der Waals surface area contributed by atoms with Crippen LogP contribution in [0.4, 0.5) is 0 Å². The van der Waals surface area contributed by atoms with E-state index in [1.165, 1.54) is 19.2 Å². The maximum absolute atomic E-state index is 13.3. The number of hydrogen-bond acceptors (Lipinski definition) is 4. The predicted octanol–water partition coefficient (Wildman–Crippen LogP) is 4.43. The van der Waals surface area contributed by atoms with Gasteiger partial charge in [0.2, 0.25) is 5.91 Å². The number of hydrogen-bond donors (Lipinski definition) is 2. The summed E-state index contributed by atoms with van der Waals surface area (Å²) in [5.74, 6) is 0.0272. The minimum Gasteiger partial charge on any atom is -0.507 e. The van der Waals surface area contributed by atoms with Gasteiger partial charge in [-0.25, -0.2) is 4.79 Å². The Kier molecular flexibility index (Phi) is 6.88. The van der Waals surface area contributed by atoms with E-state index in [-0.39, 0.29) is 23.6 Å². The summed E-state index contributed by atoms with van der Waals surface area (Å²) in [4.78, 5) is 26.5. The van der Waals surface area contributed by atoms with E-state index in [2.05, 4.69) is 13.8 Å². The number of aromatic hydroxyl groups is 1. The van der Waals surface area contributed by atoms with Gasteiger partial charge in [-0.3, -0.25) is 4.79 Å². The minimum atomic E-state index is -1.01. The fraction of sp³-hybridized carbons (Fsp3) is 0.440. The van der Waals surface area contributed by atoms with Gasteiger partial charge in [-0.1, -0.05) is 26.0 Å². The molecule has 6 nitrogen and oxygen atoms in total. The minimum absolute atomic E-state index is 0.0211. The van der Waals surface area contributed by atoms with Gasteiger partial charge in [0, 0.05) is 31.0 Å². The summed E-state index contributed by atoms with van der Waals surface area (Å²) in [5, 5.41) is 20.0. The molecule has 1 aliphatic heterocycles. The fourth-order valence-corrected chi connectivity index (χ4v) is 4.68. The Morgan fingerprint density at radius 2 is 1.74 bits per heavy atom. The van der Waals surface area contributed by atoms with E-state index < -0.39 is 11.9 Å². The summed E-state index contributed by atoms with van der Waals surface area (Å²) >= 11 is 0. The molecular weight excluding hydrogens is 394 g/mol. The van der Waals surface area contributed by atoms with Crippen LogP contribution in [0.2, 0.25) is 0 Å². The van der Waals surface area contributed by atoms with Crippen LogP contribution in [0.15, 0.2) is 36.4 Å². The van der Waals surface area contributed by atoms with E-state index in [1.807, 2.05) is 17.9 Å². The Morgan fingerprint density at radius 3 is 2.29 bits per heavy atom. The lowest BCUT2D eigenvalue weighted by Crippen LogP contribution is -2.43. The first-order valence-corrected chi connectivity index (χ1v) is 10.7. The molecule has 1 saturated heterocycles. The Labute approximate surface area is 183 Å². The molecule has 0 aliphatic carbocycles. The first-order valence-electron chi connectivity index (χ1n) is 10.7. The highest BCUT2D eigenvalue weighted by atomic mass is 16.5. The van der Waals surface area contributed by atoms with Crippen LogP contribution in [0.1, 0.15) is 59.7 Å². The average molecular weight is 426 g/mol. The molecule has 2 aromatic rings. The zero-order valence-electron chi connectivity index (χ0n) is 18.6. The topological polar surface area (TPSA) is 87.1 Å². The number of amides is 1. The molecule has 0 radical (unpaired) electrons. The highest BCUT2D eigenvalue weighted by Crippen LogP contribution is 2.41. The second kappa shape index (κ2) is 9.41. The molecule has 166 valence electrons. The number of ether oxygens (including phenoxy) is 1. The Hall–Kier alpha value is -3.02. The number of benzene rings is 2. The van der Waals surface area contributed by atoms with Crippen LogP contribution in [0.5, 0.6) is 11.5 Å². The molecule has 6 heteroatoms. The molecule has 1 amide bonds. The van der Waals surface area contributed by atoms with Crippen LogP contribution < -0.4 is 4.74 Å². The molecule has 1 heterocycles. The van der Waals surface area contributed by atoms with Gasteiger partial charge < -0.3 is 19.8 Å². The second-order valence-corrected chi connectivity index (χ2v) is 8.83. The van der Waals surface area contributed by atoms with Crippen molar-refractivity contribution >= 4 is 11.9 Å². The Balaban J connectivity index is 2.01. The van der Waals surface area contributed by atoms with Crippen molar-refractivity contribution in [3.8, 4) is 11.5 Å². The van der Waals surface area contributed by atoms with Crippen LogP contribution in [0, 0.1) is 18.8 Å². The number of piperidine rings is 1. The van der Waals surface area contributed by atoms with Crippen LogP contribution in [0.25, 0.3) is 0 Å². The summed E-state index contributed by atoms with van der Waals surface area (Å²) in [5.41, 5.74) is 2.33. The number of carboxylic acids is 1. The quantitative estimate of drug-likeness (QED) is 0.715. The van der Waals surface area contributed by atoms with Gasteiger partial charge in [0.25, 0.3) is 0 Å². The summed E-state index contributed by atoms with van der Waals surface area (Å²) in [6.45, 7) is 7.64. The first-order chi connectivity index (χ1) is 14.7. The van der Waals surface area contributed by atoms with Crippen molar-refractivity contribution in [1.82, 2.24) is 4.90 Å². The summed E-state index contributed by atoms with van der Waals surface area (Å²) in [7, 11) is 1.54. The monoisotopic (exact) mass is 425 g/mol. The van der Waals surface area contributed by atoms with Gasteiger partial charge in [0.1, 0.15) is 11.5 Å². The normalized spacial score (nSPS) is 19.7. The highest BCUT2D eigenvalue weighted by molar-refractivity contribution is 5.87. The van der Waals surface area contributed by atoms with Crippen molar-refractivity contribution in [2.75, 3.05) is 20.2 Å². The van der Waals surface area contributed by atoms with E-state index in [0.717, 1.165) is 30.6 Å². The molecule has 1 unspecified atom stereocenters. The maximum atomic E-state index is 13.3. The van der Waals surface area contributed by atoms with Gasteiger partial charge in [0.05, 0.1) is 12.7 Å². The van der Waals surface area contributed by atoms with Crippen LogP contribution in [-0.4, -0.2) is 47.2 Å². The molecule has 31 heavy (non-hydrogen) atoms. The largest absolute Gasteiger partial charge is 0.507 e. The summed E-state index contributed by atoms with van der Waals surface area (Å²) < 4.78 is 5.55. The van der Waals surface area contributed by atoms with Crippen LogP contribution in [-0.2, 0) is 4.79 Å². The molecule has 1 fully saturated rings. The van der Waals surface area contributed by atoms with Crippen LogP contribution >= 0.6 is 0 Å². The van der Waals surface area contributed by atoms with E-state index >= 15 is 0 Å². The SMILES string of the molecule is COc1cc(C)cc(O)c1C(CC(=O)N1C[C@H](C)C[C@H](C)C1)c1ccc(C(=O)O)cc1. The molecule has 0 bridgehead atoms. The molecule has 2 N–H and O–H groups in total. The van der Waals surface area contributed by atoms with Crippen molar-refractivity contribution < 1.29 is 24.5 Å². The number of nitrogens with zero attached hydrogens (tertiary/aromatic N) is 1. The number of likely N-dealkylation sites (tertiary alicyclic amines) is 1. The van der Waals surface area contributed by atoms with E-state index in [9.17, 15) is 19.8 Å². The molecule has 3 rings (SSSR count). The summed E-state index contributed by atoms with van der Waals surface area (Å²) in [6, 6.07) is 9.97. The van der Waals surface area contributed by atoms with Crippen molar-refractivity contribution in [2.24, 2.45) is 11.8 Å². The van der Waals surface area contributed by atoms with Crippen molar-refractivity contribution in [3.05, 3.63) is 58.7 Å². The average Bonchev–Trinajstić information content (AvgIpc) is 2.71. The number of aromatic carboxylic acids is 1. The van der Waals surface area contributed by atoms with Gasteiger partial charge in [-0.15, -0.1) is 0 Å². The van der Waals surface area contributed by atoms with E-state index in [4.69, 9.17) is 4.74 Å². The number of rotatable bonds is 6. The fourth-order valence-electron chi connectivity index (χ4n) is 4.68. The van der Waals surface area contributed by atoms with Crippen molar-refractivity contribution in [3.63, 3.8) is 0 Å². The lowest BCUT2D eigenvalue weighted by Gasteiger charge is -2.36. The van der Waals surface area contributed by atoms with Gasteiger partial charge >= 0.3 is 5.97 Å². The van der Waals surface area contributed by atoms with Gasteiger partial charge in [0.15, 0.2) is 0 Å². The third-order valence-electron chi connectivity index (χ3n) is 5.99. The standard InChI is InChI=1S/C25H31NO5/c1-15-10-21(27)24(22(11-15)31-4)20(18-5-7-19(8-6-18)25(29)30)12-23(28)26-13-16(2)9-17(3)14-26/h5-8,10-11,16-17,20,27H,9,12-14H2,1-4H3,(H,29,30)/t16-,17+,20?. The van der Waals surface area contributed by atoms with Crippen molar-refractivity contribution in [1.29, 1.82) is 0 Å². The Morgan fingerprint density at radius 1 is 1.13 bits per heavy atom. The molecule has 0 aromatic heterocycles. The number of carboxylic acid groups (broad SMARTS) is 1. The lowest BCUT2D eigenvalue weighted by atomic mass is 9.85. The number of carbonyl (C=O) groups excluding carboxylic acids is 1. The lowest BCUT2D eigenvalue weighted by molar-refractivity contribution is -0.134. The van der Waals surface area contributed by atoms with Crippen LogP contribution in [0.3, 0.4) is 0 Å². The molecular formula is C25H31NO5. The van der Waals surface area contributed by atoms with Gasteiger partial charge in [-0.05, 0) is 60.6 Å². The molecule has 0 saturated carbocycles. The summed E-state index contributed by atoms with van der Waals surface area (Å²) in [6.07, 6.45) is 1.27. The molecule has 3 atom stereocenters. The van der Waals surface area contributed by atoms with E-state index in [1.54, 1.807) is 18.2 Å². The Bertz CT molecular complexity index is 943. The zero-order chi connectivity index (χ0) is 22.7. The third-order valence-corrected chi connectivity index (χ3v) is 5.99. The van der Waals surface area contributed by atoms with Crippen molar-refractivity contribution in [2.45, 2.75) is 39.5 Å². The second-order valence-electron chi connectivity index (χ2n) is 8.83. The smallest absolute Gasteiger partial charge is 0.335 e. The maximum Gasteiger partial charge on any atom is 0.335 e. The highest BCUT2D eigenvalue weighted by Gasteiger charge is 2.30. The first kappa shape index (κ1) is 22.7. The number of methoxy groups -OCH3 is 1. The molecule has 2 aromatic carbocycles. The zero-order valence-corrected chi connectivity index (χ0v) is 18.6. The number of phenols is 1. The number of carbonyl (C=O) groups is 2. The predicted molar refractivity (Wildman–Crippen MR) is 119 cm³/mol. The third kappa shape index (κ3) is 5.19. The number of aryl methyl sites for hydroxylation is 1. The molecule has 1 aliphatic rings. The van der Waals surface area contributed by atoms with E-state index in [0.29, 0.717) is 23.1 Å². The molecule has 0 spiro atoms. The van der Waals surface area contributed by atoms with Gasteiger partial charge in [-0.2, -0.15) is 0 Å².